The van der Waals surface area contributed by atoms with Gasteiger partial charge in [0.25, 0.3) is 15.9 Å². The normalized spacial score (nSPS) is 13.7. The number of benzene rings is 3. The molecule has 4 rings (SSSR count). The lowest BCUT2D eigenvalue weighted by atomic mass is 10.1. The van der Waals surface area contributed by atoms with E-state index in [-0.39, 0.29) is 17.8 Å². The van der Waals surface area contributed by atoms with Gasteiger partial charge in [0.1, 0.15) is 10.7 Å². The van der Waals surface area contributed by atoms with Crippen LogP contribution in [0.1, 0.15) is 21.5 Å². The van der Waals surface area contributed by atoms with E-state index in [4.69, 9.17) is 0 Å². The molecule has 166 valence electrons. The minimum atomic E-state index is -4.59. The van der Waals surface area contributed by atoms with Gasteiger partial charge in [-0.3, -0.25) is 9.10 Å². The zero-order valence-corrected chi connectivity index (χ0v) is 17.2. The maximum absolute atomic E-state index is 14.5. The summed E-state index contributed by atoms with van der Waals surface area (Å²) in [6.45, 7) is 0.127. The van der Waals surface area contributed by atoms with Gasteiger partial charge in [0.05, 0.1) is 11.3 Å². The van der Waals surface area contributed by atoms with E-state index in [0.717, 1.165) is 46.3 Å². The summed E-state index contributed by atoms with van der Waals surface area (Å²) in [5.74, 6) is -1.91. The molecule has 1 heterocycles. The molecule has 1 N–H and O–H groups in total. The molecule has 1 aliphatic heterocycles. The van der Waals surface area contributed by atoms with Gasteiger partial charge in [-0.25, -0.2) is 12.8 Å². The van der Waals surface area contributed by atoms with Gasteiger partial charge in [0.2, 0.25) is 0 Å². The van der Waals surface area contributed by atoms with E-state index in [1.807, 2.05) is 0 Å². The van der Waals surface area contributed by atoms with Crippen LogP contribution in [0.5, 0.6) is 0 Å². The smallest absolute Gasteiger partial charge is 0.322 e. The maximum atomic E-state index is 14.5. The predicted octanol–water partition coefficient (Wildman–Crippen LogP) is 4.85. The lowest BCUT2D eigenvalue weighted by Crippen LogP contribution is -2.30. The second-order valence-corrected chi connectivity index (χ2v) is 8.96. The summed E-state index contributed by atoms with van der Waals surface area (Å²) in [4.78, 5) is 11.9. The molecular formula is C22H16F4N2O3S. The highest BCUT2D eigenvalue weighted by Gasteiger charge is 2.33. The Morgan fingerprint density at radius 2 is 1.72 bits per heavy atom. The number of anilines is 2. The van der Waals surface area contributed by atoms with Crippen molar-refractivity contribution in [1.82, 2.24) is 0 Å². The highest BCUT2D eigenvalue weighted by atomic mass is 32.2. The Labute approximate surface area is 181 Å². The van der Waals surface area contributed by atoms with Crippen molar-refractivity contribution in [3.8, 4) is 0 Å². The van der Waals surface area contributed by atoms with E-state index in [9.17, 15) is 30.8 Å². The number of hydrogen-bond donors (Lipinski definition) is 1. The van der Waals surface area contributed by atoms with Crippen LogP contribution in [-0.2, 0) is 22.6 Å². The maximum Gasteiger partial charge on any atom is 0.416 e. The van der Waals surface area contributed by atoms with Gasteiger partial charge in [-0.15, -0.1) is 0 Å². The molecule has 0 radical (unpaired) electrons. The Morgan fingerprint density at radius 3 is 2.47 bits per heavy atom. The number of alkyl halides is 3. The molecule has 0 saturated heterocycles. The number of halogens is 4. The third-order valence-corrected chi connectivity index (χ3v) is 6.88. The van der Waals surface area contributed by atoms with E-state index >= 15 is 0 Å². The Kier molecular flexibility index (Phi) is 5.41. The molecule has 1 amide bonds. The zero-order chi connectivity index (χ0) is 23.1. The molecule has 3 aromatic carbocycles. The number of hydrogen-bond acceptors (Lipinski definition) is 3. The van der Waals surface area contributed by atoms with Gasteiger partial charge in [-0.1, -0.05) is 24.3 Å². The van der Waals surface area contributed by atoms with Crippen molar-refractivity contribution in [3.63, 3.8) is 0 Å². The molecule has 0 spiro atoms. The molecule has 0 atom stereocenters. The molecule has 0 unspecified atom stereocenters. The molecular weight excluding hydrogens is 448 g/mol. The van der Waals surface area contributed by atoms with Crippen molar-refractivity contribution < 1.29 is 30.8 Å². The summed E-state index contributed by atoms with van der Waals surface area (Å²) in [6, 6.07) is 13.6. The Bertz CT molecular complexity index is 1310. The predicted molar refractivity (Wildman–Crippen MR) is 110 cm³/mol. The fraction of sp³-hybridized carbons (Fsp3) is 0.136. The molecule has 10 heteroatoms. The number of nitrogens with one attached hydrogen (secondary N) is 1. The first-order valence-corrected chi connectivity index (χ1v) is 10.9. The number of fused-ring (bicyclic) bond motifs is 1. The number of para-hydroxylation sites is 1. The minimum absolute atomic E-state index is 0.127. The second-order valence-electron chi connectivity index (χ2n) is 7.13. The Balaban J connectivity index is 1.64. The molecule has 0 fully saturated rings. The standard InChI is InChI=1S/C22H16F4N2O3S/c23-18-9-8-15(21(29)27-17-6-3-5-16(13-17)22(24,25)26)12-20(18)32(30,31)28-11-10-14-4-1-2-7-19(14)28/h1-9,12-13H,10-11H2,(H,27,29). The van der Waals surface area contributed by atoms with Crippen LogP contribution >= 0.6 is 0 Å². The molecule has 0 bridgehead atoms. The van der Waals surface area contributed by atoms with Crippen LogP contribution in [0.25, 0.3) is 0 Å². The second kappa shape index (κ2) is 7.94. The molecule has 0 saturated carbocycles. The van der Waals surface area contributed by atoms with Crippen LogP contribution in [0, 0.1) is 5.82 Å². The van der Waals surface area contributed by atoms with Crippen LogP contribution in [0.4, 0.5) is 28.9 Å². The third kappa shape index (κ3) is 4.05. The fourth-order valence-electron chi connectivity index (χ4n) is 3.50. The summed E-state index contributed by atoms with van der Waals surface area (Å²) in [6.07, 6.45) is -4.13. The molecule has 5 nitrogen and oxygen atoms in total. The monoisotopic (exact) mass is 464 g/mol. The van der Waals surface area contributed by atoms with E-state index in [2.05, 4.69) is 5.32 Å². The highest BCUT2D eigenvalue weighted by molar-refractivity contribution is 7.92. The molecule has 1 aliphatic rings. The summed E-state index contributed by atoms with van der Waals surface area (Å²) in [5.41, 5.74) is -0.0621. The summed E-state index contributed by atoms with van der Waals surface area (Å²) >= 11 is 0. The average Bonchev–Trinajstić information content (AvgIpc) is 3.18. The highest BCUT2D eigenvalue weighted by Crippen LogP contribution is 2.34. The lowest BCUT2D eigenvalue weighted by molar-refractivity contribution is -0.137. The SMILES string of the molecule is O=C(Nc1cccc(C(F)(F)F)c1)c1ccc(F)c(S(=O)(=O)N2CCc3ccccc32)c1. The Hall–Kier alpha value is -3.40. The molecule has 0 aliphatic carbocycles. The van der Waals surface area contributed by atoms with E-state index in [1.54, 1.807) is 24.3 Å². The van der Waals surface area contributed by atoms with Gasteiger partial charge in [-0.2, -0.15) is 13.2 Å². The molecule has 0 aromatic heterocycles. The van der Waals surface area contributed by atoms with E-state index < -0.39 is 38.4 Å². The van der Waals surface area contributed by atoms with Gasteiger partial charge in [-0.05, 0) is 54.4 Å². The largest absolute Gasteiger partial charge is 0.416 e. The summed E-state index contributed by atoms with van der Waals surface area (Å²) in [7, 11) is -4.31. The van der Waals surface area contributed by atoms with Crippen molar-refractivity contribution in [2.24, 2.45) is 0 Å². The van der Waals surface area contributed by atoms with Crippen LogP contribution < -0.4 is 9.62 Å². The van der Waals surface area contributed by atoms with Crippen molar-refractivity contribution in [2.75, 3.05) is 16.2 Å². The number of sulfonamides is 1. The lowest BCUT2D eigenvalue weighted by Gasteiger charge is -2.20. The van der Waals surface area contributed by atoms with E-state index in [0.29, 0.717) is 12.1 Å². The zero-order valence-electron chi connectivity index (χ0n) is 16.4. The fourth-order valence-corrected chi connectivity index (χ4v) is 5.09. The van der Waals surface area contributed by atoms with Crippen LogP contribution in [0.3, 0.4) is 0 Å². The first-order valence-electron chi connectivity index (χ1n) is 9.46. The van der Waals surface area contributed by atoms with Gasteiger partial charge >= 0.3 is 6.18 Å². The molecule has 32 heavy (non-hydrogen) atoms. The van der Waals surface area contributed by atoms with Gasteiger partial charge in [0.15, 0.2) is 0 Å². The minimum Gasteiger partial charge on any atom is -0.322 e. The van der Waals surface area contributed by atoms with E-state index in [1.165, 1.54) is 6.07 Å². The number of nitrogens with zero attached hydrogens (tertiary/aromatic N) is 1. The van der Waals surface area contributed by atoms with Crippen molar-refractivity contribution in [3.05, 3.63) is 89.2 Å². The first-order chi connectivity index (χ1) is 15.1. The van der Waals surface area contributed by atoms with Crippen molar-refractivity contribution in [2.45, 2.75) is 17.5 Å². The van der Waals surface area contributed by atoms with Crippen molar-refractivity contribution in [1.29, 1.82) is 0 Å². The van der Waals surface area contributed by atoms with Gasteiger partial charge in [0, 0.05) is 17.8 Å². The quantitative estimate of drug-likeness (QED) is 0.562. The summed E-state index contributed by atoms with van der Waals surface area (Å²) in [5, 5.41) is 2.28. The van der Waals surface area contributed by atoms with Crippen LogP contribution in [0.2, 0.25) is 0 Å². The first kappa shape index (κ1) is 21.8. The number of carbonyl (C=O) groups is 1. The topological polar surface area (TPSA) is 66.5 Å². The third-order valence-electron chi connectivity index (χ3n) is 5.05. The van der Waals surface area contributed by atoms with Crippen LogP contribution in [0.15, 0.2) is 71.6 Å². The average molecular weight is 464 g/mol. The summed E-state index contributed by atoms with van der Waals surface area (Å²) < 4.78 is 80.5. The molecule has 3 aromatic rings. The van der Waals surface area contributed by atoms with Crippen LogP contribution in [-0.4, -0.2) is 20.9 Å². The number of amides is 1. The van der Waals surface area contributed by atoms with Crippen molar-refractivity contribution >= 4 is 27.3 Å². The number of carbonyl (C=O) groups excluding carboxylic acids is 1. The number of rotatable bonds is 4. The Morgan fingerprint density at radius 1 is 0.969 bits per heavy atom. The van der Waals surface area contributed by atoms with Gasteiger partial charge < -0.3 is 5.32 Å².